The zero-order chi connectivity index (χ0) is 14.7. The van der Waals surface area contributed by atoms with E-state index in [0.717, 1.165) is 0 Å². The average Bonchev–Trinajstić information content (AvgIpc) is 2.44. The first kappa shape index (κ1) is 14.4. The minimum absolute atomic E-state index is 0.00696. The second-order valence-electron chi connectivity index (χ2n) is 4.81. The molecule has 1 aromatic rings. The van der Waals surface area contributed by atoms with E-state index in [1.807, 2.05) is 10.3 Å². The predicted molar refractivity (Wildman–Crippen MR) is 71.0 cm³/mol. The van der Waals surface area contributed by atoms with Crippen molar-refractivity contribution in [3.63, 3.8) is 0 Å². The summed E-state index contributed by atoms with van der Waals surface area (Å²) < 4.78 is 13.8. The lowest BCUT2D eigenvalue weighted by molar-refractivity contribution is -0.134. The maximum Gasteiger partial charge on any atom is 0.265 e. The van der Waals surface area contributed by atoms with E-state index in [0.29, 0.717) is 24.2 Å². The summed E-state index contributed by atoms with van der Waals surface area (Å²) in [4.78, 5) is 26.5. The van der Waals surface area contributed by atoms with Gasteiger partial charge in [-0.3, -0.25) is 19.9 Å². The van der Waals surface area contributed by atoms with E-state index >= 15 is 0 Å². The summed E-state index contributed by atoms with van der Waals surface area (Å²) in [5.74, 6) is 4.19. The highest BCUT2D eigenvalue weighted by Crippen LogP contribution is 2.14. The van der Waals surface area contributed by atoms with Crippen LogP contribution in [-0.2, 0) is 11.3 Å². The summed E-state index contributed by atoms with van der Waals surface area (Å²) in [7, 11) is 1.74. The average molecular weight is 280 g/mol. The number of likely N-dealkylation sites (N-methyl/N-ethyl adjacent to an activating group) is 1. The molecule has 0 aliphatic carbocycles. The highest BCUT2D eigenvalue weighted by molar-refractivity contribution is 5.93. The molecule has 108 valence electrons. The van der Waals surface area contributed by atoms with Gasteiger partial charge < -0.3 is 4.90 Å². The molecule has 1 aromatic carbocycles. The van der Waals surface area contributed by atoms with E-state index in [1.54, 1.807) is 11.9 Å². The van der Waals surface area contributed by atoms with Gasteiger partial charge in [-0.1, -0.05) is 0 Å². The molecule has 20 heavy (non-hydrogen) atoms. The van der Waals surface area contributed by atoms with E-state index < -0.39 is 11.7 Å². The van der Waals surface area contributed by atoms with Crippen LogP contribution in [0.15, 0.2) is 18.2 Å². The first-order chi connectivity index (χ1) is 9.51. The number of rotatable bonds is 3. The number of benzene rings is 1. The maximum absolute atomic E-state index is 13.8. The minimum atomic E-state index is -0.472. The van der Waals surface area contributed by atoms with E-state index in [9.17, 15) is 14.0 Å². The van der Waals surface area contributed by atoms with Gasteiger partial charge in [0.25, 0.3) is 5.91 Å². The molecule has 2 amide bonds. The van der Waals surface area contributed by atoms with Crippen LogP contribution in [0.5, 0.6) is 0 Å². The second-order valence-corrected chi connectivity index (χ2v) is 4.81. The van der Waals surface area contributed by atoms with Crippen molar-refractivity contribution in [3.05, 3.63) is 35.1 Å². The van der Waals surface area contributed by atoms with Crippen molar-refractivity contribution in [1.29, 1.82) is 0 Å². The maximum atomic E-state index is 13.8. The fraction of sp³-hybridized carbons (Fsp3) is 0.385. The van der Waals surface area contributed by atoms with Crippen LogP contribution in [0.1, 0.15) is 15.9 Å². The van der Waals surface area contributed by atoms with E-state index in [-0.39, 0.29) is 19.0 Å². The molecular formula is C13H17FN4O2. The van der Waals surface area contributed by atoms with Crippen LogP contribution in [0.25, 0.3) is 0 Å². The standard InChI is InChI=1S/C13H17FN4O2/c1-17-4-5-18(8-12(17)19)7-10-6-9(13(20)16-15)2-3-11(10)14/h2-3,6H,4-5,7-8,15H2,1H3,(H,16,20). The Hall–Kier alpha value is -1.99. The van der Waals surface area contributed by atoms with Gasteiger partial charge in [0.2, 0.25) is 5.91 Å². The largest absolute Gasteiger partial charge is 0.343 e. The van der Waals surface area contributed by atoms with Crippen LogP contribution in [0, 0.1) is 5.82 Å². The zero-order valence-corrected chi connectivity index (χ0v) is 11.2. The number of nitrogens with one attached hydrogen (secondary N) is 1. The van der Waals surface area contributed by atoms with Gasteiger partial charge in [0, 0.05) is 37.8 Å². The number of halogens is 1. The number of hydrogen-bond acceptors (Lipinski definition) is 4. The number of amides is 2. The highest BCUT2D eigenvalue weighted by Gasteiger charge is 2.22. The third-order valence-electron chi connectivity index (χ3n) is 3.37. The molecule has 0 atom stereocenters. The Bertz CT molecular complexity index is 535. The molecule has 0 bridgehead atoms. The van der Waals surface area contributed by atoms with Crippen molar-refractivity contribution < 1.29 is 14.0 Å². The van der Waals surface area contributed by atoms with Crippen LogP contribution in [-0.4, -0.2) is 48.3 Å². The van der Waals surface area contributed by atoms with Gasteiger partial charge >= 0.3 is 0 Å². The van der Waals surface area contributed by atoms with Crippen molar-refractivity contribution in [2.24, 2.45) is 5.84 Å². The Morgan fingerprint density at radius 3 is 2.85 bits per heavy atom. The van der Waals surface area contributed by atoms with E-state index in [1.165, 1.54) is 18.2 Å². The summed E-state index contributed by atoms with van der Waals surface area (Å²) in [6.07, 6.45) is 0. The van der Waals surface area contributed by atoms with Crippen LogP contribution >= 0.6 is 0 Å². The van der Waals surface area contributed by atoms with Gasteiger partial charge in [-0.2, -0.15) is 0 Å². The van der Waals surface area contributed by atoms with E-state index in [2.05, 4.69) is 0 Å². The molecule has 6 nitrogen and oxygen atoms in total. The number of piperazine rings is 1. The van der Waals surface area contributed by atoms with Gasteiger partial charge in [-0.25, -0.2) is 10.2 Å². The van der Waals surface area contributed by atoms with Gasteiger partial charge in [0.1, 0.15) is 5.82 Å². The zero-order valence-electron chi connectivity index (χ0n) is 11.2. The summed E-state index contributed by atoms with van der Waals surface area (Å²) in [5.41, 5.74) is 2.68. The Labute approximate surface area is 116 Å². The van der Waals surface area contributed by atoms with Crippen LogP contribution in [0.2, 0.25) is 0 Å². The van der Waals surface area contributed by atoms with Gasteiger partial charge in [0.05, 0.1) is 6.54 Å². The number of hydrazine groups is 1. The topological polar surface area (TPSA) is 78.7 Å². The lowest BCUT2D eigenvalue weighted by Crippen LogP contribution is -2.48. The van der Waals surface area contributed by atoms with Crippen LogP contribution in [0.3, 0.4) is 0 Å². The summed E-state index contributed by atoms with van der Waals surface area (Å²) in [6, 6.07) is 4.06. The molecule has 0 saturated carbocycles. The molecule has 1 saturated heterocycles. The van der Waals surface area contributed by atoms with Crippen molar-refractivity contribution in [2.45, 2.75) is 6.54 Å². The summed E-state index contributed by atoms with van der Waals surface area (Å²) >= 11 is 0. The molecule has 1 heterocycles. The predicted octanol–water partition coefficient (Wildman–Crippen LogP) is -0.297. The Balaban J connectivity index is 2.12. The van der Waals surface area contributed by atoms with Crippen LogP contribution < -0.4 is 11.3 Å². The first-order valence-electron chi connectivity index (χ1n) is 6.27. The lowest BCUT2D eigenvalue weighted by Gasteiger charge is -2.32. The van der Waals surface area contributed by atoms with Gasteiger partial charge in [0.15, 0.2) is 0 Å². The summed E-state index contributed by atoms with van der Waals surface area (Å²) in [6.45, 7) is 1.83. The van der Waals surface area contributed by atoms with Crippen molar-refractivity contribution in [2.75, 3.05) is 26.7 Å². The fourth-order valence-electron chi connectivity index (χ4n) is 2.10. The third-order valence-corrected chi connectivity index (χ3v) is 3.37. The molecule has 1 aliphatic rings. The van der Waals surface area contributed by atoms with E-state index in [4.69, 9.17) is 5.84 Å². The molecule has 3 N–H and O–H groups in total. The smallest absolute Gasteiger partial charge is 0.265 e. The van der Waals surface area contributed by atoms with Crippen molar-refractivity contribution >= 4 is 11.8 Å². The second kappa shape index (κ2) is 5.98. The molecule has 7 heteroatoms. The van der Waals surface area contributed by atoms with Crippen molar-refractivity contribution in [3.8, 4) is 0 Å². The number of nitrogens with two attached hydrogens (primary N) is 1. The first-order valence-corrected chi connectivity index (χ1v) is 6.27. The molecule has 0 aromatic heterocycles. The normalized spacial score (nSPS) is 16.4. The van der Waals surface area contributed by atoms with Gasteiger partial charge in [-0.05, 0) is 18.2 Å². The monoisotopic (exact) mass is 280 g/mol. The van der Waals surface area contributed by atoms with Crippen molar-refractivity contribution in [1.82, 2.24) is 15.2 Å². The molecule has 1 fully saturated rings. The number of carbonyl (C=O) groups is 2. The fourth-order valence-corrected chi connectivity index (χ4v) is 2.10. The summed E-state index contributed by atoms with van der Waals surface area (Å²) in [5, 5.41) is 0. The highest BCUT2D eigenvalue weighted by atomic mass is 19.1. The quantitative estimate of drug-likeness (QED) is 0.453. The SMILES string of the molecule is CN1CCN(Cc2cc(C(=O)NN)ccc2F)CC1=O. The molecular weight excluding hydrogens is 263 g/mol. The molecule has 0 radical (unpaired) electrons. The number of carbonyl (C=O) groups excluding carboxylic acids is 2. The number of nitrogens with zero attached hydrogens (tertiary/aromatic N) is 2. The molecule has 0 unspecified atom stereocenters. The molecule has 2 rings (SSSR count). The van der Waals surface area contributed by atoms with Crippen LogP contribution in [0.4, 0.5) is 4.39 Å². The molecule has 1 aliphatic heterocycles. The number of hydrogen-bond donors (Lipinski definition) is 2. The molecule has 0 spiro atoms. The Morgan fingerprint density at radius 1 is 1.45 bits per heavy atom. The lowest BCUT2D eigenvalue weighted by atomic mass is 10.1. The van der Waals surface area contributed by atoms with Gasteiger partial charge in [-0.15, -0.1) is 0 Å². The number of nitrogen functional groups attached to an aromatic ring is 1. The third kappa shape index (κ3) is 3.12. The Kier molecular flexibility index (Phi) is 4.31. The minimum Gasteiger partial charge on any atom is -0.343 e. The Morgan fingerprint density at radius 2 is 2.20 bits per heavy atom.